The first kappa shape index (κ1) is 15.7. The Kier molecular flexibility index (Phi) is 3.93. The van der Waals surface area contributed by atoms with Gasteiger partial charge < -0.3 is 10.0 Å². The normalized spacial score (nSPS) is 20.0. The summed E-state index contributed by atoms with van der Waals surface area (Å²) >= 11 is 0. The molecule has 25 heavy (non-hydrogen) atoms. The number of hydrogen-bond donors (Lipinski definition) is 1. The molecule has 0 amide bonds. The van der Waals surface area contributed by atoms with E-state index in [9.17, 15) is 5.11 Å². The summed E-state index contributed by atoms with van der Waals surface area (Å²) in [5.41, 5.74) is 2.83. The van der Waals surface area contributed by atoms with E-state index in [0.29, 0.717) is 18.9 Å². The molecule has 126 valence electrons. The highest BCUT2D eigenvalue weighted by Crippen LogP contribution is 2.35. The maximum Gasteiger partial charge on any atom is 0.226 e. The van der Waals surface area contributed by atoms with Crippen molar-refractivity contribution in [2.45, 2.75) is 18.9 Å². The largest absolute Gasteiger partial charge is 0.383 e. The van der Waals surface area contributed by atoms with Crippen LogP contribution in [0.4, 0.5) is 5.95 Å². The number of aromatic nitrogens is 3. The summed E-state index contributed by atoms with van der Waals surface area (Å²) in [5.74, 6) is 0.632. The average molecular weight is 332 g/mol. The maximum atomic E-state index is 11.2. The smallest absolute Gasteiger partial charge is 0.226 e. The van der Waals surface area contributed by atoms with Crippen LogP contribution >= 0.6 is 0 Å². The van der Waals surface area contributed by atoms with Crippen molar-refractivity contribution in [1.29, 1.82) is 0 Å². The second-order valence-electron chi connectivity index (χ2n) is 6.47. The fourth-order valence-corrected chi connectivity index (χ4v) is 3.44. The predicted molar refractivity (Wildman–Crippen MR) is 97.2 cm³/mol. The lowest BCUT2D eigenvalue weighted by Gasteiger charge is -2.25. The molecule has 0 saturated carbocycles. The standard InChI is InChI=1S/C20H20N4O/c1-15-6-2-3-7-16(15)20(25)10-13-24(14-20)19-22-12-9-18(23-19)17-8-4-5-11-21-17/h2-9,11-12,25H,10,13-14H2,1H3. The fraction of sp³-hybridized carbons (Fsp3) is 0.250. The molecule has 1 aromatic carbocycles. The molecule has 1 aliphatic heterocycles. The Labute approximate surface area is 147 Å². The molecule has 3 heterocycles. The third-order valence-electron chi connectivity index (χ3n) is 4.75. The monoisotopic (exact) mass is 332 g/mol. The minimum atomic E-state index is -0.865. The molecule has 4 rings (SSSR count). The topological polar surface area (TPSA) is 62.1 Å². The molecule has 1 unspecified atom stereocenters. The van der Waals surface area contributed by atoms with Crippen molar-refractivity contribution in [1.82, 2.24) is 15.0 Å². The number of nitrogens with zero attached hydrogens (tertiary/aromatic N) is 4. The number of anilines is 1. The Morgan fingerprint density at radius 3 is 2.60 bits per heavy atom. The Hall–Kier alpha value is -2.79. The second kappa shape index (κ2) is 6.26. The fourth-order valence-electron chi connectivity index (χ4n) is 3.44. The van der Waals surface area contributed by atoms with Gasteiger partial charge in [-0.05, 0) is 42.7 Å². The van der Waals surface area contributed by atoms with E-state index in [1.165, 1.54) is 0 Å². The summed E-state index contributed by atoms with van der Waals surface area (Å²) in [6.45, 7) is 3.24. The van der Waals surface area contributed by atoms with Gasteiger partial charge in [-0.2, -0.15) is 0 Å². The molecule has 0 radical (unpaired) electrons. The van der Waals surface area contributed by atoms with Gasteiger partial charge >= 0.3 is 0 Å². The lowest BCUT2D eigenvalue weighted by molar-refractivity contribution is 0.0599. The van der Waals surface area contributed by atoms with E-state index in [2.05, 4.69) is 15.0 Å². The highest BCUT2D eigenvalue weighted by atomic mass is 16.3. The highest BCUT2D eigenvalue weighted by Gasteiger charge is 2.39. The van der Waals surface area contributed by atoms with Gasteiger partial charge in [0.15, 0.2) is 0 Å². The molecule has 5 nitrogen and oxygen atoms in total. The average Bonchev–Trinajstić information content (AvgIpc) is 3.06. The van der Waals surface area contributed by atoms with Crippen LogP contribution in [0.3, 0.4) is 0 Å². The van der Waals surface area contributed by atoms with Crippen LogP contribution in [0.2, 0.25) is 0 Å². The Morgan fingerprint density at radius 2 is 1.80 bits per heavy atom. The van der Waals surface area contributed by atoms with Crippen molar-refractivity contribution in [2.75, 3.05) is 18.0 Å². The zero-order valence-corrected chi connectivity index (χ0v) is 14.1. The lowest BCUT2D eigenvalue weighted by atomic mass is 9.89. The highest BCUT2D eigenvalue weighted by molar-refractivity contribution is 5.55. The molecule has 1 saturated heterocycles. The Bertz CT molecular complexity index is 884. The van der Waals surface area contributed by atoms with Gasteiger partial charge in [0.25, 0.3) is 0 Å². The molecule has 2 aromatic heterocycles. The van der Waals surface area contributed by atoms with Crippen LogP contribution in [0.1, 0.15) is 17.5 Å². The summed E-state index contributed by atoms with van der Waals surface area (Å²) < 4.78 is 0. The molecule has 0 bridgehead atoms. The minimum absolute atomic E-state index is 0.490. The van der Waals surface area contributed by atoms with E-state index in [1.807, 2.05) is 60.4 Å². The molecule has 1 fully saturated rings. The number of pyridine rings is 1. The van der Waals surface area contributed by atoms with E-state index in [-0.39, 0.29) is 0 Å². The lowest BCUT2D eigenvalue weighted by Crippen LogP contribution is -2.32. The van der Waals surface area contributed by atoms with Gasteiger partial charge in [-0.1, -0.05) is 30.3 Å². The molecule has 1 aliphatic rings. The van der Waals surface area contributed by atoms with Gasteiger partial charge in [0.1, 0.15) is 5.60 Å². The van der Waals surface area contributed by atoms with Crippen LogP contribution in [0.5, 0.6) is 0 Å². The van der Waals surface area contributed by atoms with E-state index in [4.69, 9.17) is 0 Å². The van der Waals surface area contributed by atoms with Gasteiger partial charge in [0.05, 0.1) is 17.9 Å². The second-order valence-corrected chi connectivity index (χ2v) is 6.47. The molecule has 3 aromatic rings. The van der Waals surface area contributed by atoms with Crippen molar-refractivity contribution in [3.63, 3.8) is 0 Å². The van der Waals surface area contributed by atoms with Crippen LogP contribution in [-0.2, 0) is 5.60 Å². The van der Waals surface area contributed by atoms with Gasteiger partial charge in [-0.15, -0.1) is 0 Å². The number of benzene rings is 1. The number of aryl methyl sites for hydroxylation is 1. The maximum absolute atomic E-state index is 11.2. The summed E-state index contributed by atoms with van der Waals surface area (Å²) in [7, 11) is 0. The first-order valence-electron chi connectivity index (χ1n) is 8.44. The van der Waals surface area contributed by atoms with Crippen LogP contribution in [0.15, 0.2) is 60.9 Å². The van der Waals surface area contributed by atoms with Crippen LogP contribution in [0.25, 0.3) is 11.4 Å². The van der Waals surface area contributed by atoms with Crippen molar-refractivity contribution in [3.8, 4) is 11.4 Å². The number of β-amino-alcohol motifs (C(OH)–C–C–N with tert-alkyl or cyclic N) is 1. The molecule has 0 aliphatic carbocycles. The zero-order valence-electron chi connectivity index (χ0n) is 14.1. The van der Waals surface area contributed by atoms with Crippen LogP contribution in [-0.4, -0.2) is 33.1 Å². The SMILES string of the molecule is Cc1ccccc1C1(O)CCN(c2nccc(-c3ccccn3)n2)C1. The molecule has 1 atom stereocenters. The van der Waals surface area contributed by atoms with Gasteiger partial charge in [0.2, 0.25) is 5.95 Å². The Morgan fingerprint density at radius 1 is 0.960 bits per heavy atom. The number of hydrogen-bond acceptors (Lipinski definition) is 5. The van der Waals surface area contributed by atoms with Crippen molar-refractivity contribution >= 4 is 5.95 Å². The molecular formula is C20H20N4O. The molecule has 0 spiro atoms. The number of aliphatic hydroxyl groups is 1. The minimum Gasteiger partial charge on any atom is -0.383 e. The first-order chi connectivity index (χ1) is 12.2. The summed E-state index contributed by atoms with van der Waals surface area (Å²) in [6, 6.07) is 15.6. The van der Waals surface area contributed by atoms with Gasteiger partial charge in [-0.25, -0.2) is 9.97 Å². The van der Waals surface area contributed by atoms with Crippen molar-refractivity contribution in [3.05, 3.63) is 72.1 Å². The van der Waals surface area contributed by atoms with Crippen LogP contribution in [0, 0.1) is 6.92 Å². The first-order valence-corrected chi connectivity index (χ1v) is 8.44. The predicted octanol–water partition coefficient (Wildman–Crippen LogP) is 2.94. The zero-order chi connectivity index (χ0) is 17.3. The van der Waals surface area contributed by atoms with E-state index in [1.54, 1.807) is 12.4 Å². The Balaban J connectivity index is 1.61. The summed E-state index contributed by atoms with van der Waals surface area (Å²) in [4.78, 5) is 15.4. The summed E-state index contributed by atoms with van der Waals surface area (Å²) in [5, 5.41) is 11.2. The number of rotatable bonds is 3. The van der Waals surface area contributed by atoms with Crippen molar-refractivity contribution in [2.24, 2.45) is 0 Å². The molecular weight excluding hydrogens is 312 g/mol. The van der Waals surface area contributed by atoms with E-state index in [0.717, 1.165) is 29.1 Å². The third-order valence-corrected chi connectivity index (χ3v) is 4.75. The molecule has 1 N–H and O–H groups in total. The van der Waals surface area contributed by atoms with Crippen LogP contribution < -0.4 is 4.90 Å². The van der Waals surface area contributed by atoms with Gasteiger partial charge in [-0.3, -0.25) is 4.98 Å². The van der Waals surface area contributed by atoms with Crippen molar-refractivity contribution < 1.29 is 5.11 Å². The quantitative estimate of drug-likeness (QED) is 0.799. The van der Waals surface area contributed by atoms with E-state index >= 15 is 0 Å². The van der Waals surface area contributed by atoms with E-state index < -0.39 is 5.60 Å². The molecule has 5 heteroatoms. The third kappa shape index (κ3) is 2.98. The summed E-state index contributed by atoms with van der Waals surface area (Å²) in [6.07, 6.45) is 4.16. The van der Waals surface area contributed by atoms with Gasteiger partial charge in [0, 0.05) is 18.9 Å².